The van der Waals surface area contributed by atoms with Gasteiger partial charge in [0, 0.05) is 11.5 Å². The van der Waals surface area contributed by atoms with Gasteiger partial charge in [0.15, 0.2) is 5.78 Å². The van der Waals surface area contributed by atoms with E-state index in [-0.39, 0.29) is 11.7 Å². The zero-order valence-corrected chi connectivity index (χ0v) is 16.3. The molecule has 0 amide bonds. The molecule has 0 N–H and O–H groups in total. The van der Waals surface area contributed by atoms with Crippen LogP contribution in [-0.4, -0.2) is 5.78 Å². The highest BCUT2D eigenvalue weighted by atomic mass is 16.1. The lowest BCUT2D eigenvalue weighted by Crippen LogP contribution is -2.18. The summed E-state index contributed by atoms with van der Waals surface area (Å²) in [6.07, 6.45) is 10.3. The van der Waals surface area contributed by atoms with E-state index in [0.717, 1.165) is 12.0 Å². The molecule has 3 rings (SSSR count). The quantitative estimate of drug-likeness (QED) is 0.531. The van der Waals surface area contributed by atoms with E-state index in [1.165, 1.54) is 61.6 Å². The molecule has 1 fully saturated rings. The van der Waals surface area contributed by atoms with Crippen LogP contribution in [0.25, 0.3) is 0 Å². The number of Topliss-reactive ketones (excluding diaryl/α,β-unsaturated/α-hetero) is 1. The van der Waals surface area contributed by atoms with Crippen LogP contribution in [0.5, 0.6) is 0 Å². The van der Waals surface area contributed by atoms with E-state index in [4.69, 9.17) is 0 Å². The summed E-state index contributed by atoms with van der Waals surface area (Å²) in [6, 6.07) is 16.7. The lowest BCUT2D eigenvalue weighted by Gasteiger charge is -2.25. The number of carbonyl (C=O) groups is 1. The molecule has 0 radical (unpaired) electrons. The molecule has 0 aliphatic heterocycles. The molecule has 1 aliphatic rings. The third kappa shape index (κ3) is 5.06. The minimum absolute atomic E-state index is 0.0114. The van der Waals surface area contributed by atoms with Crippen molar-refractivity contribution in [2.45, 2.75) is 71.1 Å². The molecule has 0 bridgehead atoms. The first-order valence-corrected chi connectivity index (χ1v) is 10.3. The Morgan fingerprint density at radius 3 is 1.88 bits per heavy atom. The molecule has 1 nitrogen and oxygen atoms in total. The fourth-order valence-corrected chi connectivity index (χ4v) is 4.22. The van der Waals surface area contributed by atoms with Crippen molar-refractivity contribution >= 4 is 5.78 Å². The normalized spacial score (nSPS) is 17.3. The maximum absolute atomic E-state index is 13.4. The van der Waals surface area contributed by atoms with Gasteiger partial charge in [0.25, 0.3) is 0 Å². The highest BCUT2D eigenvalue weighted by Gasteiger charge is 2.26. The Balaban J connectivity index is 1.84. The predicted molar refractivity (Wildman–Crippen MR) is 110 cm³/mol. The monoisotopic (exact) mass is 348 g/mol. The second kappa shape index (κ2) is 9.16. The molecular formula is C25H32O. The van der Waals surface area contributed by atoms with E-state index < -0.39 is 0 Å². The second-order valence-corrected chi connectivity index (χ2v) is 8.14. The highest BCUT2D eigenvalue weighted by Crippen LogP contribution is 2.34. The van der Waals surface area contributed by atoms with Gasteiger partial charge in [0.1, 0.15) is 0 Å². The van der Waals surface area contributed by atoms with Gasteiger partial charge in [-0.2, -0.15) is 0 Å². The number of ketones is 1. The van der Waals surface area contributed by atoms with E-state index in [9.17, 15) is 4.79 Å². The molecule has 0 saturated heterocycles. The molecule has 2 aromatic carbocycles. The van der Waals surface area contributed by atoms with Gasteiger partial charge in [-0.25, -0.2) is 0 Å². The summed E-state index contributed by atoms with van der Waals surface area (Å²) in [5.41, 5.74) is 4.49. The molecule has 1 saturated carbocycles. The number of aryl methyl sites for hydroxylation is 2. The molecule has 1 aliphatic carbocycles. The van der Waals surface area contributed by atoms with Gasteiger partial charge in [-0.05, 0) is 31.7 Å². The number of carbonyl (C=O) groups excluding carboxylic acids is 1. The SMILES string of the molecule is Cc1ccc(C(=O)C(CC2CCCCCCC2)c2ccc(C)cc2)cc1. The molecule has 26 heavy (non-hydrogen) atoms. The third-order valence-electron chi connectivity index (χ3n) is 5.93. The largest absolute Gasteiger partial charge is 0.293 e. The number of hydrogen-bond acceptors (Lipinski definition) is 1. The first-order valence-electron chi connectivity index (χ1n) is 10.3. The molecule has 0 heterocycles. The summed E-state index contributed by atoms with van der Waals surface area (Å²) >= 11 is 0. The Labute approximate surface area is 158 Å². The summed E-state index contributed by atoms with van der Waals surface area (Å²) < 4.78 is 0. The van der Waals surface area contributed by atoms with Gasteiger partial charge in [-0.3, -0.25) is 4.79 Å². The van der Waals surface area contributed by atoms with Crippen LogP contribution in [-0.2, 0) is 0 Å². The van der Waals surface area contributed by atoms with Crippen molar-refractivity contribution in [3.05, 3.63) is 70.8 Å². The molecule has 0 spiro atoms. The van der Waals surface area contributed by atoms with Crippen LogP contribution in [0.3, 0.4) is 0 Å². The molecule has 2 aromatic rings. The Bertz CT molecular complexity index is 688. The fraction of sp³-hybridized carbons (Fsp3) is 0.480. The zero-order chi connectivity index (χ0) is 18.4. The summed E-state index contributed by atoms with van der Waals surface area (Å²) in [4.78, 5) is 13.4. The average Bonchev–Trinajstić information content (AvgIpc) is 2.62. The lowest BCUT2D eigenvalue weighted by molar-refractivity contribution is 0.0943. The lowest BCUT2D eigenvalue weighted by atomic mass is 9.79. The van der Waals surface area contributed by atoms with Crippen LogP contribution in [0.4, 0.5) is 0 Å². The Kier molecular flexibility index (Phi) is 6.66. The molecule has 1 unspecified atom stereocenters. The van der Waals surface area contributed by atoms with Crippen molar-refractivity contribution in [2.24, 2.45) is 5.92 Å². The Morgan fingerprint density at radius 1 is 0.808 bits per heavy atom. The Hall–Kier alpha value is -1.89. The van der Waals surface area contributed by atoms with Crippen LogP contribution in [0.1, 0.15) is 84.3 Å². The highest BCUT2D eigenvalue weighted by molar-refractivity contribution is 6.01. The summed E-state index contributed by atoms with van der Waals surface area (Å²) in [6.45, 7) is 4.18. The number of hydrogen-bond donors (Lipinski definition) is 0. The maximum atomic E-state index is 13.4. The minimum Gasteiger partial charge on any atom is -0.293 e. The van der Waals surface area contributed by atoms with Gasteiger partial charge >= 0.3 is 0 Å². The van der Waals surface area contributed by atoms with Crippen LogP contribution in [0.2, 0.25) is 0 Å². The van der Waals surface area contributed by atoms with Crippen LogP contribution < -0.4 is 0 Å². The minimum atomic E-state index is -0.0114. The second-order valence-electron chi connectivity index (χ2n) is 8.14. The van der Waals surface area contributed by atoms with Crippen molar-refractivity contribution < 1.29 is 4.79 Å². The fourth-order valence-electron chi connectivity index (χ4n) is 4.22. The molecule has 0 aromatic heterocycles. The summed E-state index contributed by atoms with van der Waals surface area (Å²) in [5.74, 6) is 0.953. The average molecular weight is 349 g/mol. The topological polar surface area (TPSA) is 17.1 Å². The van der Waals surface area contributed by atoms with Crippen molar-refractivity contribution in [3.8, 4) is 0 Å². The first kappa shape index (κ1) is 18.9. The zero-order valence-electron chi connectivity index (χ0n) is 16.3. The van der Waals surface area contributed by atoms with E-state index >= 15 is 0 Å². The van der Waals surface area contributed by atoms with Crippen LogP contribution in [0.15, 0.2) is 48.5 Å². The number of benzene rings is 2. The van der Waals surface area contributed by atoms with Gasteiger partial charge in [-0.1, -0.05) is 105 Å². The third-order valence-corrected chi connectivity index (χ3v) is 5.93. The summed E-state index contributed by atoms with van der Waals surface area (Å²) in [5, 5.41) is 0. The van der Waals surface area contributed by atoms with Gasteiger partial charge in [-0.15, -0.1) is 0 Å². The predicted octanol–water partition coefficient (Wildman–Crippen LogP) is 7.02. The summed E-state index contributed by atoms with van der Waals surface area (Å²) in [7, 11) is 0. The van der Waals surface area contributed by atoms with Crippen molar-refractivity contribution in [1.29, 1.82) is 0 Å². The Morgan fingerprint density at radius 2 is 1.31 bits per heavy atom. The van der Waals surface area contributed by atoms with Gasteiger partial charge < -0.3 is 0 Å². The van der Waals surface area contributed by atoms with Crippen LogP contribution in [0, 0.1) is 19.8 Å². The molecule has 1 heteroatoms. The molecule has 1 atom stereocenters. The molecule has 138 valence electrons. The van der Waals surface area contributed by atoms with Gasteiger partial charge in [0.2, 0.25) is 0 Å². The van der Waals surface area contributed by atoms with Crippen LogP contribution >= 0.6 is 0 Å². The number of rotatable bonds is 5. The van der Waals surface area contributed by atoms with Gasteiger partial charge in [0.05, 0.1) is 0 Å². The van der Waals surface area contributed by atoms with E-state index in [0.29, 0.717) is 5.92 Å². The van der Waals surface area contributed by atoms with E-state index in [2.05, 4.69) is 50.2 Å². The van der Waals surface area contributed by atoms with E-state index in [1.807, 2.05) is 12.1 Å². The van der Waals surface area contributed by atoms with Crippen molar-refractivity contribution in [2.75, 3.05) is 0 Å². The maximum Gasteiger partial charge on any atom is 0.170 e. The van der Waals surface area contributed by atoms with Crippen molar-refractivity contribution in [3.63, 3.8) is 0 Å². The van der Waals surface area contributed by atoms with Crippen molar-refractivity contribution in [1.82, 2.24) is 0 Å². The van der Waals surface area contributed by atoms with E-state index in [1.54, 1.807) is 0 Å². The molecular weight excluding hydrogens is 316 g/mol. The standard InChI is InChI=1S/C25H32O/c1-19-10-14-22(15-11-19)24(18-21-8-6-4-3-5-7-9-21)25(26)23-16-12-20(2)13-17-23/h10-17,21,24H,3-9,18H2,1-2H3. The smallest absolute Gasteiger partial charge is 0.170 e. The first-order chi connectivity index (χ1) is 12.6.